The number of carbonyl (C=O) groups is 1. The molecule has 0 aliphatic carbocycles. The zero-order valence-electron chi connectivity index (χ0n) is 16.3. The van der Waals surface area contributed by atoms with Crippen LogP contribution >= 0.6 is 23.2 Å². The summed E-state index contributed by atoms with van der Waals surface area (Å²) in [6, 6.07) is 13.8. The Hall–Kier alpha value is -3.25. The van der Waals surface area contributed by atoms with E-state index >= 15 is 0 Å². The molecule has 164 valence electrons. The summed E-state index contributed by atoms with van der Waals surface area (Å²) in [5, 5.41) is 11.7. The van der Waals surface area contributed by atoms with Gasteiger partial charge in [0.25, 0.3) is 5.91 Å². The molecule has 32 heavy (non-hydrogen) atoms. The number of hydrogen-bond donors (Lipinski definition) is 1. The van der Waals surface area contributed by atoms with Crippen molar-refractivity contribution in [2.75, 3.05) is 11.9 Å². The molecule has 0 bridgehead atoms. The van der Waals surface area contributed by atoms with Crippen molar-refractivity contribution >= 4 is 34.8 Å². The third-order valence-electron chi connectivity index (χ3n) is 4.17. The molecule has 10 heteroatoms. The molecular formula is C22H15Cl2F2N3O3. The molecule has 1 heterocycles. The summed E-state index contributed by atoms with van der Waals surface area (Å²) < 4.78 is 39.1. The van der Waals surface area contributed by atoms with Crippen LogP contribution in [-0.4, -0.2) is 23.6 Å². The van der Waals surface area contributed by atoms with Crippen molar-refractivity contribution in [3.63, 3.8) is 0 Å². The van der Waals surface area contributed by atoms with Crippen LogP contribution in [0.1, 0.15) is 11.1 Å². The fraction of sp³-hybridized carbons (Fsp3) is 0.136. The number of aromatic nitrogens is 1. The predicted molar refractivity (Wildman–Crippen MR) is 114 cm³/mol. The lowest BCUT2D eigenvalue weighted by atomic mass is 10.2. The Bertz CT molecular complexity index is 1160. The smallest absolute Gasteiger partial charge is 0.267 e. The standard InChI is InChI=1S/C22H15Cl2F2N3O3/c23-14-8-17(21(24)28-10-14)29-22(30)19(12-31-11-13-4-2-1-3-5-13)32-18-7-6-16(25)15(9-27)20(18)26/h1-8,10,19H,11-12H2,(H,29,30). The maximum atomic E-state index is 14.5. The van der Waals surface area contributed by atoms with Crippen LogP contribution in [0.4, 0.5) is 14.5 Å². The van der Waals surface area contributed by atoms with Crippen molar-refractivity contribution in [1.82, 2.24) is 4.98 Å². The molecule has 0 spiro atoms. The third-order valence-corrected chi connectivity index (χ3v) is 4.68. The molecular weight excluding hydrogens is 463 g/mol. The average Bonchev–Trinajstić information content (AvgIpc) is 2.78. The van der Waals surface area contributed by atoms with E-state index in [0.29, 0.717) is 0 Å². The first-order chi connectivity index (χ1) is 15.4. The number of halogens is 4. The van der Waals surface area contributed by atoms with Crippen LogP contribution in [0, 0.1) is 23.0 Å². The fourth-order valence-corrected chi connectivity index (χ4v) is 2.93. The van der Waals surface area contributed by atoms with Gasteiger partial charge in [0.1, 0.15) is 17.4 Å². The molecule has 0 radical (unpaired) electrons. The van der Waals surface area contributed by atoms with Crippen LogP contribution in [0.2, 0.25) is 10.2 Å². The van der Waals surface area contributed by atoms with Crippen molar-refractivity contribution in [3.05, 3.63) is 87.7 Å². The van der Waals surface area contributed by atoms with Crippen LogP contribution < -0.4 is 10.1 Å². The molecule has 1 unspecified atom stereocenters. The van der Waals surface area contributed by atoms with Crippen molar-refractivity contribution < 1.29 is 23.0 Å². The maximum Gasteiger partial charge on any atom is 0.267 e. The minimum atomic E-state index is -1.37. The van der Waals surface area contributed by atoms with E-state index in [1.807, 2.05) is 30.3 Å². The van der Waals surface area contributed by atoms with Crippen molar-refractivity contribution in [2.24, 2.45) is 0 Å². The Kier molecular flexibility index (Phi) is 7.95. The number of nitrogens with zero attached hydrogens (tertiary/aromatic N) is 2. The molecule has 0 aliphatic heterocycles. The van der Waals surface area contributed by atoms with E-state index in [0.717, 1.165) is 17.7 Å². The van der Waals surface area contributed by atoms with Crippen LogP contribution in [0.5, 0.6) is 5.75 Å². The van der Waals surface area contributed by atoms with Crippen molar-refractivity contribution in [2.45, 2.75) is 12.7 Å². The van der Waals surface area contributed by atoms with Gasteiger partial charge in [0.2, 0.25) is 6.10 Å². The molecule has 2 aromatic carbocycles. The van der Waals surface area contributed by atoms with Gasteiger partial charge in [-0.05, 0) is 23.8 Å². The number of ether oxygens (including phenoxy) is 2. The van der Waals surface area contributed by atoms with E-state index in [-0.39, 0.29) is 29.1 Å². The largest absolute Gasteiger partial charge is 0.475 e. The van der Waals surface area contributed by atoms with Gasteiger partial charge in [-0.25, -0.2) is 13.8 Å². The summed E-state index contributed by atoms with van der Waals surface area (Å²) in [6.45, 7) is -0.131. The Morgan fingerprint density at radius 1 is 1.19 bits per heavy atom. The van der Waals surface area contributed by atoms with Gasteiger partial charge >= 0.3 is 0 Å². The molecule has 3 rings (SSSR count). The average molecular weight is 478 g/mol. The first-order valence-electron chi connectivity index (χ1n) is 9.17. The number of rotatable bonds is 8. The van der Waals surface area contributed by atoms with E-state index < -0.39 is 35.0 Å². The summed E-state index contributed by atoms with van der Waals surface area (Å²) in [6.07, 6.45) is -0.0753. The van der Waals surface area contributed by atoms with Crippen LogP contribution in [0.25, 0.3) is 0 Å². The van der Waals surface area contributed by atoms with Crippen LogP contribution in [-0.2, 0) is 16.1 Å². The zero-order chi connectivity index (χ0) is 23.1. The lowest BCUT2D eigenvalue weighted by molar-refractivity contribution is -0.125. The quantitative estimate of drug-likeness (QED) is 0.454. The highest BCUT2D eigenvalue weighted by atomic mass is 35.5. The fourth-order valence-electron chi connectivity index (χ4n) is 2.62. The monoisotopic (exact) mass is 477 g/mol. The predicted octanol–water partition coefficient (Wildman–Crippen LogP) is 5.14. The van der Waals surface area contributed by atoms with E-state index in [9.17, 15) is 13.6 Å². The van der Waals surface area contributed by atoms with Crippen LogP contribution in [0.3, 0.4) is 0 Å². The molecule has 1 aromatic heterocycles. The second-order valence-electron chi connectivity index (χ2n) is 6.43. The highest BCUT2D eigenvalue weighted by Crippen LogP contribution is 2.26. The third kappa shape index (κ3) is 5.92. The molecule has 1 amide bonds. The SMILES string of the molecule is N#Cc1c(F)ccc(OC(COCc2ccccc2)C(=O)Nc2cc(Cl)cnc2Cl)c1F. The Labute approximate surface area is 192 Å². The summed E-state index contributed by atoms with van der Waals surface area (Å²) in [4.78, 5) is 16.7. The first-order valence-corrected chi connectivity index (χ1v) is 9.93. The van der Waals surface area contributed by atoms with E-state index in [1.165, 1.54) is 18.3 Å². The van der Waals surface area contributed by atoms with Crippen molar-refractivity contribution in [1.29, 1.82) is 5.26 Å². The summed E-state index contributed by atoms with van der Waals surface area (Å²) >= 11 is 11.9. The minimum Gasteiger partial charge on any atom is -0.475 e. The highest BCUT2D eigenvalue weighted by Gasteiger charge is 2.25. The first kappa shape index (κ1) is 23.4. The molecule has 6 nitrogen and oxygen atoms in total. The number of nitriles is 1. The van der Waals surface area contributed by atoms with Crippen LogP contribution in [0.15, 0.2) is 54.7 Å². The number of pyridine rings is 1. The topological polar surface area (TPSA) is 84.2 Å². The van der Waals surface area contributed by atoms with Gasteiger partial charge in [0.15, 0.2) is 16.7 Å². The molecule has 0 saturated carbocycles. The second kappa shape index (κ2) is 10.9. The molecule has 3 aromatic rings. The Morgan fingerprint density at radius 2 is 1.94 bits per heavy atom. The molecule has 0 fully saturated rings. The Balaban J connectivity index is 1.81. The van der Waals surface area contributed by atoms with Gasteiger partial charge < -0.3 is 14.8 Å². The van der Waals surface area contributed by atoms with Gasteiger partial charge in [-0.2, -0.15) is 5.26 Å². The van der Waals surface area contributed by atoms with E-state index in [4.69, 9.17) is 37.9 Å². The number of hydrogen-bond acceptors (Lipinski definition) is 5. The number of benzene rings is 2. The minimum absolute atomic E-state index is 0.0218. The highest BCUT2D eigenvalue weighted by molar-refractivity contribution is 6.34. The zero-order valence-corrected chi connectivity index (χ0v) is 17.8. The van der Waals surface area contributed by atoms with E-state index in [1.54, 1.807) is 0 Å². The van der Waals surface area contributed by atoms with Gasteiger partial charge in [0.05, 0.1) is 23.9 Å². The molecule has 0 saturated heterocycles. The molecule has 0 aliphatic rings. The lowest BCUT2D eigenvalue weighted by Crippen LogP contribution is -2.37. The summed E-state index contributed by atoms with van der Waals surface area (Å²) in [5.74, 6) is -3.50. The lowest BCUT2D eigenvalue weighted by Gasteiger charge is -2.20. The normalized spacial score (nSPS) is 11.5. The van der Waals surface area contributed by atoms with Crippen molar-refractivity contribution in [3.8, 4) is 11.8 Å². The summed E-state index contributed by atoms with van der Waals surface area (Å²) in [7, 11) is 0. The number of amides is 1. The van der Waals surface area contributed by atoms with E-state index in [2.05, 4.69) is 10.3 Å². The van der Waals surface area contributed by atoms with Gasteiger partial charge in [-0.15, -0.1) is 0 Å². The summed E-state index contributed by atoms with van der Waals surface area (Å²) in [5.41, 5.74) is 0.125. The molecule has 1 N–H and O–H groups in total. The number of nitrogens with one attached hydrogen (secondary N) is 1. The maximum absolute atomic E-state index is 14.5. The number of anilines is 1. The Morgan fingerprint density at radius 3 is 2.66 bits per heavy atom. The van der Waals surface area contributed by atoms with Gasteiger partial charge in [-0.1, -0.05) is 53.5 Å². The van der Waals surface area contributed by atoms with Gasteiger partial charge in [-0.3, -0.25) is 4.79 Å². The van der Waals surface area contributed by atoms with Gasteiger partial charge in [0, 0.05) is 6.20 Å². The number of carbonyl (C=O) groups excluding carboxylic acids is 1. The molecule has 1 atom stereocenters. The second-order valence-corrected chi connectivity index (χ2v) is 7.23.